The molecule has 0 unspecified atom stereocenters. The van der Waals surface area contributed by atoms with Gasteiger partial charge >= 0.3 is 0 Å². The third-order valence-electron chi connectivity index (χ3n) is 20.7. The van der Waals surface area contributed by atoms with Crippen LogP contribution in [-0.4, -0.2) is 15.8 Å². The van der Waals surface area contributed by atoms with Gasteiger partial charge < -0.3 is 23.8 Å². The molecule has 480 valence electrons. The zero-order valence-corrected chi connectivity index (χ0v) is 59.8. The minimum Gasteiger partial charge on any atom is -0.311 e. The van der Waals surface area contributed by atoms with Crippen LogP contribution in [0.4, 0.5) is 51.2 Å². The summed E-state index contributed by atoms with van der Waals surface area (Å²) in [5.74, 6) is 0. The molecule has 2 aliphatic heterocycles. The molecule has 2 aliphatic rings. The molecule has 0 fully saturated rings. The first-order valence-corrected chi connectivity index (χ1v) is 34.8. The summed E-state index contributed by atoms with van der Waals surface area (Å²) in [5.41, 5.74) is 28.1. The molecule has 6 heteroatoms. The first-order valence-electron chi connectivity index (χ1n) is 34.8. The summed E-state index contributed by atoms with van der Waals surface area (Å²) in [6.07, 6.45) is 0. The molecular formula is C90H92BN5. The van der Waals surface area contributed by atoms with Crippen LogP contribution in [0.5, 0.6) is 0 Å². The Bertz CT molecular complexity index is 5020. The lowest BCUT2D eigenvalue weighted by Crippen LogP contribution is -2.61. The van der Waals surface area contributed by atoms with Gasteiger partial charge in [-0.05, 0) is 204 Å². The number of hydrogen-bond acceptors (Lipinski definition) is 3. The smallest absolute Gasteiger partial charge is 0.252 e. The molecule has 11 aromatic carbocycles. The van der Waals surface area contributed by atoms with Gasteiger partial charge in [-0.3, -0.25) is 0 Å². The quantitative estimate of drug-likeness (QED) is 0.148. The van der Waals surface area contributed by atoms with Gasteiger partial charge in [0, 0.05) is 78.4 Å². The highest BCUT2D eigenvalue weighted by atomic mass is 15.2. The van der Waals surface area contributed by atoms with Crippen LogP contribution >= 0.6 is 0 Å². The van der Waals surface area contributed by atoms with Crippen LogP contribution in [0.15, 0.2) is 231 Å². The summed E-state index contributed by atoms with van der Waals surface area (Å²) < 4.78 is 5.05. The summed E-state index contributed by atoms with van der Waals surface area (Å²) in [7, 11) is 0. The van der Waals surface area contributed by atoms with Gasteiger partial charge in [-0.2, -0.15) is 0 Å². The minimum absolute atomic E-state index is 0.0356. The van der Waals surface area contributed by atoms with Crippen LogP contribution in [-0.2, 0) is 32.5 Å². The van der Waals surface area contributed by atoms with Crippen LogP contribution in [0.2, 0.25) is 0 Å². The normalized spacial score (nSPS) is 13.7. The van der Waals surface area contributed by atoms with Gasteiger partial charge in [-0.25, -0.2) is 0 Å². The van der Waals surface area contributed by atoms with E-state index in [9.17, 15) is 0 Å². The van der Waals surface area contributed by atoms with Crippen molar-refractivity contribution in [1.29, 1.82) is 0 Å². The third-order valence-corrected chi connectivity index (χ3v) is 20.7. The summed E-state index contributed by atoms with van der Waals surface area (Å²) in [6, 6.07) is 89.3. The number of fused-ring (bicyclic) bond motifs is 10. The summed E-state index contributed by atoms with van der Waals surface area (Å²) in [6.45, 7) is 42.2. The molecule has 0 saturated heterocycles. The highest BCUT2D eigenvalue weighted by Crippen LogP contribution is 2.52. The lowest BCUT2D eigenvalue weighted by Gasteiger charge is -2.46. The molecule has 4 heterocycles. The Morgan fingerprint density at radius 1 is 0.250 bits per heavy atom. The van der Waals surface area contributed by atoms with E-state index in [2.05, 4.69) is 379 Å². The standard InChI is InChI=1S/C90H92BN5/c1-85(2,3)57-37-43-78-72(51-57)73-52-58(86(4,5)6)38-44-79(73)94(78)66-40-42-75-81(54-66)96(68-49-61(89(13,14)15)46-62(50-68)90(16,17)18)83-56-69(92(63-29-21-19-22-30-63)64-31-23-20-24-32-64)55-82-84(83)91(75)74-41-39-65(93-76-35-27-25-33-70(76)71-34-26-28-36-77(71)93)53-80(74)95(82)67-47-59(87(7,8)9)45-60(48-67)88(10,11)12/h19-56H,1-18H3. The Labute approximate surface area is 570 Å². The van der Waals surface area contributed by atoms with Gasteiger partial charge in [0.1, 0.15) is 0 Å². The molecule has 0 spiro atoms. The molecule has 2 aromatic heterocycles. The number of aromatic nitrogens is 2. The van der Waals surface area contributed by atoms with E-state index in [1.165, 1.54) is 93.4 Å². The second kappa shape index (κ2) is 22.0. The maximum Gasteiger partial charge on any atom is 0.252 e. The van der Waals surface area contributed by atoms with Crippen molar-refractivity contribution in [2.24, 2.45) is 0 Å². The maximum atomic E-state index is 2.68. The highest BCUT2D eigenvalue weighted by molar-refractivity contribution is 7.00. The number of nitrogens with zero attached hydrogens (tertiary/aromatic N) is 5. The molecule has 13 aromatic rings. The van der Waals surface area contributed by atoms with Crippen molar-refractivity contribution < 1.29 is 0 Å². The molecule has 0 aliphatic carbocycles. The molecule has 0 atom stereocenters. The first kappa shape index (κ1) is 62.6. The van der Waals surface area contributed by atoms with Crippen molar-refractivity contribution in [2.45, 2.75) is 157 Å². The van der Waals surface area contributed by atoms with Gasteiger partial charge in [0.25, 0.3) is 6.71 Å². The van der Waals surface area contributed by atoms with E-state index < -0.39 is 0 Å². The van der Waals surface area contributed by atoms with E-state index in [4.69, 9.17) is 0 Å². The largest absolute Gasteiger partial charge is 0.311 e. The molecule has 5 nitrogen and oxygen atoms in total. The highest BCUT2D eigenvalue weighted by Gasteiger charge is 2.45. The molecule has 0 N–H and O–H groups in total. The summed E-state index contributed by atoms with van der Waals surface area (Å²) in [5, 5.41) is 5.04. The molecule has 0 radical (unpaired) electrons. The molecule has 0 saturated carbocycles. The fourth-order valence-electron chi connectivity index (χ4n) is 15.2. The lowest BCUT2D eigenvalue weighted by atomic mass is 9.33. The average molecular weight is 1250 g/mol. The second-order valence-corrected chi connectivity index (χ2v) is 33.7. The van der Waals surface area contributed by atoms with Gasteiger partial charge in [0.05, 0.1) is 27.8 Å². The van der Waals surface area contributed by atoms with Gasteiger partial charge in [-0.15, -0.1) is 0 Å². The Kier molecular flexibility index (Phi) is 14.4. The van der Waals surface area contributed by atoms with Crippen molar-refractivity contribution in [3.05, 3.63) is 264 Å². The number of benzene rings is 11. The molecule has 15 rings (SSSR count). The Morgan fingerprint density at radius 3 is 0.938 bits per heavy atom. The van der Waals surface area contributed by atoms with Gasteiger partial charge in [-0.1, -0.05) is 234 Å². The molecule has 0 amide bonds. The van der Waals surface area contributed by atoms with E-state index in [-0.39, 0.29) is 39.2 Å². The fourth-order valence-corrected chi connectivity index (χ4v) is 15.2. The van der Waals surface area contributed by atoms with Crippen LogP contribution in [0.25, 0.3) is 55.0 Å². The van der Waals surface area contributed by atoms with E-state index in [1.54, 1.807) is 0 Å². The lowest BCUT2D eigenvalue weighted by molar-refractivity contribution is 0.568. The molecule has 0 bridgehead atoms. The van der Waals surface area contributed by atoms with E-state index in [0.29, 0.717) is 0 Å². The summed E-state index contributed by atoms with van der Waals surface area (Å²) in [4.78, 5) is 7.83. The van der Waals surface area contributed by atoms with Crippen molar-refractivity contribution >= 4 is 118 Å². The molecule has 96 heavy (non-hydrogen) atoms. The van der Waals surface area contributed by atoms with Gasteiger partial charge in [0.15, 0.2) is 0 Å². The SMILES string of the molecule is CC(C)(C)c1cc(N2c3cc(-n4c5ccccc5c5ccccc54)ccc3B3c4ccc(-n5c6ccc(C(C)(C)C)cc6c6cc(C(C)(C)C)ccc65)cc4N(c4cc(C(C)(C)C)cc(C(C)(C)C)c4)c4cc(N(c5ccccc5)c5ccccc5)cc2c43)cc(C(C)(C)C)c1. The fraction of sp³-hybridized carbons (Fsp3) is 0.267. The van der Waals surface area contributed by atoms with Crippen molar-refractivity contribution in [3.63, 3.8) is 0 Å². The monoisotopic (exact) mass is 1250 g/mol. The number of rotatable bonds is 7. The Hall–Kier alpha value is -9.52. The number of anilines is 9. The zero-order valence-electron chi connectivity index (χ0n) is 59.8. The number of para-hydroxylation sites is 4. The van der Waals surface area contributed by atoms with Crippen LogP contribution in [0.1, 0.15) is 158 Å². The predicted octanol–water partition coefficient (Wildman–Crippen LogP) is 23.2. The van der Waals surface area contributed by atoms with E-state index >= 15 is 0 Å². The van der Waals surface area contributed by atoms with Crippen LogP contribution in [0.3, 0.4) is 0 Å². The van der Waals surface area contributed by atoms with Gasteiger partial charge in [0.2, 0.25) is 0 Å². The number of hydrogen-bond donors (Lipinski definition) is 0. The van der Waals surface area contributed by atoms with Crippen LogP contribution in [0, 0.1) is 0 Å². The minimum atomic E-state index is -0.188. The average Bonchev–Trinajstić information content (AvgIpc) is 0.715. The van der Waals surface area contributed by atoms with Crippen molar-refractivity contribution in [3.8, 4) is 11.4 Å². The molecular weight excluding hydrogens is 1160 g/mol. The van der Waals surface area contributed by atoms with Crippen molar-refractivity contribution in [2.75, 3.05) is 14.7 Å². The Balaban J connectivity index is 1.12. The predicted molar refractivity (Wildman–Crippen MR) is 416 cm³/mol. The summed E-state index contributed by atoms with van der Waals surface area (Å²) >= 11 is 0. The second-order valence-electron chi connectivity index (χ2n) is 33.7. The Morgan fingerprint density at radius 2 is 0.583 bits per heavy atom. The topological polar surface area (TPSA) is 19.6 Å². The van der Waals surface area contributed by atoms with Crippen molar-refractivity contribution in [1.82, 2.24) is 9.13 Å². The first-order chi connectivity index (χ1) is 45.4. The zero-order chi connectivity index (χ0) is 67.5. The third kappa shape index (κ3) is 10.5. The van der Waals surface area contributed by atoms with E-state index in [0.717, 1.165) is 62.6 Å². The maximum absolute atomic E-state index is 2.68. The van der Waals surface area contributed by atoms with E-state index in [1.807, 2.05) is 0 Å². The van der Waals surface area contributed by atoms with Crippen LogP contribution < -0.4 is 31.1 Å².